The second-order valence-electron chi connectivity index (χ2n) is 5.15. The highest BCUT2D eigenvalue weighted by Crippen LogP contribution is 2.25. The number of carbonyl (C=O) groups is 3. The van der Waals surface area contributed by atoms with Crippen molar-refractivity contribution >= 4 is 25.9 Å². The van der Waals surface area contributed by atoms with Crippen LogP contribution in [0.25, 0.3) is 0 Å². The highest BCUT2D eigenvalue weighted by Gasteiger charge is 2.37. The Balaban J connectivity index is 2.43. The Morgan fingerprint density at radius 2 is 1.84 bits per heavy atom. The molecule has 1 N–H and O–H groups in total. The van der Waals surface area contributed by atoms with Gasteiger partial charge in [-0.1, -0.05) is 38.9 Å². The van der Waals surface area contributed by atoms with Gasteiger partial charge in [-0.05, 0) is 6.04 Å². The van der Waals surface area contributed by atoms with E-state index in [-0.39, 0.29) is 6.42 Å². The van der Waals surface area contributed by atoms with Crippen LogP contribution < -0.4 is 5.32 Å². The summed E-state index contributed by atoms with van der Waals surface area (Å²) in [6, 6.07) is 4.48. The topological polar surface area (TPSA) is 72.5 Å². The van der Waals surface area contributed by atoms with Crippen LogP contribution >= 0.6 is 0 Å². The van der Waals surface area contributed by atoms with Crippen molar-refractivity contribution in [3.05, 3.63) is 0 Å². The van der Waals surface area contributed by atoms with E-state index in [1.165, 1.54) is 18.1 Å². The monoisotopic (exact) mass is 285 g/mol. The van der Waals surface area contributed by atoms with Crippen LogP contribution in [0, 0.1) is 5.92 Å². The summed E-state index contributed by atoms with van der Waals surface area (Å²) in [5.41, 5.74) is 0. The van der Waals surface area contributed by atoms with E-state index in [2.05, 4.69) is 26.1 Å². The van der Waals surface area contributed by atoms with E-state index in [9.17, 15) is 14.4 Å². The molecule has 1 aliphatic heterocycles. The average molecular weight is 285 g/mol. The fourth-order valence-electron chi connectivity index (χ4n) is 2.49. The molecule has 1 heterocycles. The minimum absolute atomic E-state index is 0.0738. The molecule has 1 aliphatic rings. The minimum Gasteiger partial charge on any atom is -0.465 e. The number of carbonyl (C=O) groups excluding carboxylic acids is 3. The van der Waals surface area contributed by atoms with Crippen LogP contribution in [0.1, 0.15) is 27.2 Å². The highest BCUT2D eigenvalue weighted by atomic mass is 28.3. The van der Waals surface area contributed by atoms with Crippen LogP contribution in [0.15, 0.2) is 0 Å². The minimum atomic E-state index is -1.30. The Morgan fingerprint density at radius 3 is 2.26 bits per heavy atom. The molecule has 5 nitrogen and oxygen atoms in total. The fraction of sp³-hybridized carbons (Fsp3) is 0.769. The molecule has 0 saturated carbocycles. The first kappa shape index (κ1) is 15.9. The van der Waals surface area contributed by atoms with Gasteiger partial charge in [-0.2, -0.15) is 0 Å². The molecule has 108 valence electrons. The number of rotatable bonds is 7. The van der Waals surface area contributed by atoms with E-state index in [1.807, 2.05) is 0 Å². The standard InChI is InChI=1S/C13H23NO4Si/c1-4-19(5-2,6-3)8-7-18-13(17)10-9-11(15)14-12(10)16/h10H,4-9H2,1-3H3,(H,14,15,16). The van der Waals surface area contributed by atoms with Gasteiger partial charge in [0.05, 0.1) is 14.7 Å². The van der Waals surface area contributed by atoms with Crippen molar-refractivity contribution in [3.63, 3.8) is 0 Å². The summed E-state index contributed by atoms with van der Waals surface area (Å²) in [6.07, 6.45) is -0.0738. The van der Waals surface area contributed by atoms with Crippen molar-refractivity contribution < 1.29 is 19.1 Å². The number of hydrogen-bond acceptors (Lipinski definition) is 4. The molecule has 1 atom stereocenters. The maximum atomic E-state index is 11.7. The normalized spacial score (nSPS) is 19.4. The van der Waals surface area contributed by atoms with Crippen molar-refractivity contribution in [3.8, 4) is 0 Å². The zero-order valence-electron chi connectivity index (χ0n) is 12.0. The first-order valence-corrected chi connectivity index (χ1v) is 9.81. The maximum absolute atomic E-state index is 11.7. The molecule has 0 bridgehead atoms. The SMILES string of the molecule is CC[Si](CC)(CC)CCOC(=O)C1CC(=O)NC1=O. The van der Waals surface area contributed by atoms with Crippen LogP contribution in [0.3, 0.4) is 0 Å². The van der Waals surface area contributed by atoms with Crippen LogP contribution in [-0.4, -0.2) is 32.5 Å². The lowest BCUT2D eigenvalue weighted by atomic mass is 10.1. The summed E-state index contributed by atoms with van der Waals surface area (Å²) < 4.78 is 5.19. The van der Waals surface area contributed by atoms with E-state index in [4.69, 9.17) is 4.74 Å². The molecule has 1 rings (SSSR count). The molecule has 0 radical (unpaired) electrons. The Hall–Kier alpha value is -1.17. The lowest BCUT2D eigenvalue weighted by Crippen LogP contribution is -2.34. The largest absolute Gasteiger partial charge is 0.465 e. The van der Waals surface area contributed by atoms with Crippen LogP contribution in [-0.2, 0) is 19.1 Å². The summed E-state index contributed by atoms with van der Waals surface area (Å²) in [4.78, 5) is 34.1. The van der Waals surface area contributed by atoms with Gasteiger partial charge in [-0.15, -0.1) is 0 Å². The average Bonchev–Trinajstić information content (AvgIpc) is 2.74. The number of hydrogen-bond donors (Lipinski definition) is 1. The van der Waals surface area contributed by atoms with E-state index < -0.39 is 31.8 Å². The highest BCUT2D eigenvalue weighted by molar-refractivity contribution is 6.79. The van der Waals surface area contributed by atoms with Gasteiger partial charge in [-0.3, -0.25) is 19.7 Å². The number of esters is 1. The smallest absolute Gasteiger partial charge is 0.319 e. The molecular formula is C13H23NO4Si. The molecule has 19 heavy (non-hydrogen) atoms. The summed E-state index contributed by atoms with van der Waals surface area (Å²) in [5, 5.41) is 2.12. The quantitative estimate of drug-likeness (QED) is 0.334. The summed E-state index contributed by atoms with van der Waals surface area (Å²) >= 11 is 0. The van der Waals surface area contributed by atoms with Gasteiger partial charge in [0.15, 0.2) is 0 Å². The molecule has 0 aliphatic carbocycles. The van der Waals surface area contributed by atoms with Gasteiger partial charge in [0.2, 0.25) is 11.8 Å². The lowest BCUT2D eigenvalue weighted by molar-refractivity contribution is -0.150. The molecule has 1 fully saturated rings. The van der Waals surface area contributed by atoms with E-state index in [0.29, 0.717) is 6.61 Å². The molecular weight excluding hydrogens is 262 g/mol. The van der Waals surface area contributed by atoms with Crippen molar-refractivity contribution in [2.75, 3.05) is 6.61 Å². The molecule has 1 unspecified atom stereocenters. The van der Waals surface area contributed by atoms with Crippen molar-refractivity contribution in [2.45, 2.75) is 51.4 Å². The van der Waals surface area contributed by atoms with E-state index in [1.54, 1.807) is 0 Å². The van der Waals surface area contributed by atoms with Gasteiger partial charge in [0.1, 0.15) is 5.92 Å². The van der Waals surface area contributed by atoms with Crippen molar-refractivity contribution in [1.29, 1.82) is 0 Å². The van der Waals surface area contributed by atoms with Crippen LogP contribution in [0.2, 0.25) is 24.2 Å². The van der Waals surface area contributed by atoms with Gasteiger partial charge < -0.3 is 4.74 Å². The number of amides is 2. The molecule has 1 saturated heterocycles. The predicted molar refractivity (Wildman–Crippen MR) is 74.2 cm³/mol. The molecule has 0 spiro atoms. The molecule has 2 amide bonds. The molecule has 0 aromatic rings. The summed E-state index contributed by atoms with van der Waals surface area (Å²) in [6.45, 7) is 6.97. The zero-order chi connectivity index (χ0) is 14.5. The number of nitrogens with one attached hydrogen (secondary N) is 1. The Kier molecular flexibility index (Phi) is 5.72. The van der Waals surface area contributed by atoms with Crippen molar-refractivity contribution in [2.24, 2.45) is 5.92 Å². The zero-order valence-corrected chi connectivity index (χ0v) is 13.0. The first-order chi connectivity index (χ1) is 8.98. The Labute approximate surface area is 115 Å². The third-order valence-corrected chi connectivity index (χ3v) is 10.1. The Bertz CT molecular complexity index is 357. The third kappa shape index (κ3) is 3.89. The molecule has 0 aromatic carbocycles. The first-order valence-electron chi connectivity index (χ1n) is 6.98. The van der Waals surface area contributed by atoms with Crippen LogP contribution in [0.4, 0.5) is 0 Å². The van der Waals surface area contributed by atoms with E-state index >= 15 is 0 Å². The van der Waals surface area contributed by atoms with Gasteiger partial charge >= 0.3 is 5.97 Å². The second kappa shape index (κ2) is 6.84. The lowest BCUT2D eigenvalue weighted by Gasteiger charge is -2.27. The van der Waals surface area contributed by atoms with Crippen molar-refractivity contribution in [1.82, 2.24) is 5.32 Å². The third-order valence-electron chi connectivity index (χ3n) is 4.38. The van der Waals surface area contributed by atoms with Gasteiger partial charge in [-0.25, -0.2) is 0 Å². The van der Waals surface area contributed by atoms with Crippen LogP contribution in [0.5, 0.6) is 0 Å². The second-order valence-corrected chi connectivity index (χ2v) is 10.8. The fourth-order valence-corrected chi connectivity index (χ4v) is 5.59. The number of imide groups is 1. The van der Waals surface area contributed by atoms with Gasteiger partial charge in [0.25, 0.3) is 0 Å². The summed E-state index contributed by atoms with van der Waals surface area (Å²) in [7, 11) is -1.30. The predicted octanol–water partition coefficient (Wildman–Crippen LogP) is 1.70. The van der Waals surface area contributed by atoms with E-state index in [0.717, 1.165) is 6.04 Å². The Morgan fingerprint density at radius 1 is 1.26 bits per heavy atom. The maximum Gasteiger partial charge on any atom is 0.319 e. The summed E-state index contributed by atoms with van der Waals surface area (Å²) in [5.74, 6) is -2.42. The number of ether oxygens (including phenoxy) is 1. The molecule has 0 aromatic heterocycles. The van der Waals surface area contributed by atoms with Gasteiger partial charge in [0, 0.05) is 6.42 Å². The molecule has 6 heteroatoms.